The predicted molar refractivity (Wildman–Crippen MR) is 144 cm³/mol. The van der Waals surface area contributed by atoms with Crippen LogP contribution in [0.1, 0.15) is 25.6 Å². The number of phosphoric ester groups is 1. The molecule has 1 aliphatic rings. The Labute approximate surface area is 243 Å². The molecule has 1 fully saturated rings. The summed E-state index contributed by atoms with van der Waals surface area (Å²) >= 11 is 0. The van der Waals surface area contributed by atoms with Crippen LogP contribution in [0.2, 0.25) is 0 Å². The summed E-state index contributed by atoms with van der Waals surface area (Å²) in [4.78, 5) is 58.7. The minimum atomic E-state index is -5.07. The molecule has 7 atom stereocenters. The monoisotopic (exact) mass is 623 g/mol. The molecule has 18 nitrogen and oxygen atoms in total. The number of hydrogen-bond acceptors (Lipinski definition) is 14. The number of benzene rings is 1. The summed E-state index contributed by atoms with van der Waals surface area (Å²) in [5.74, 6) is -2.06. The molecule has 2 aromatic heterocycles. The first kappa shape index (κ1) is 31.7. The Morgan fingerprint density at radius 1 is 1.09 bits per heavy atom. The maximum atomic E-state index is 12.4. The number of aliphatic hydroxyl groups is 2. The van der Waals surface area contributed by atoms with Gasteiger partial charge in [0.1, 0.15) is 48.8 Å². The fourth-order valence-electron chi connectivity index (χ4n) is 3.94. The first-order chi connectivity index (χ1) is 20.4. The van der Waals surface area contributed by atoms with E-state index in [4.69, 9.17) is 19.7 Å². The smallest absolute Gasteiger partial charge is 0.445 e. The van der Waals surface area contributed by atoms with Gasteiger partial charge >= 0.3 is 19.9 Å². The van der Waals surface area contributed by atoms with Crippen LogP contribution >= 0.6 is 7.82 Å². The molecule has 3 heterocycles. The molecule has 0 radical (unpaired) electrons. The molecule has 232 valence electrons. The van der Waals surface area contributed by atoms with Crippen molar-refractivity contribution in [3.63, 3.8) is 0 Å². The van der Waals surface area contributed by atoms with E-state index < -0.39 is 69.0 Å². The molecule has 0 aliphatic carbocycles. The second-order valence-electron chi connectivity index (χ2n) is 9.46. The third kappa shape index (κ3) is 7.81. The molecule has 0 spiro atoms. The Kier molecular flexibility index (Phi) is 9.90. The van der Waals surface area contributed by atoms with Gasteiger partial charge in [-0.3, -0.25) is 18.8 Å². The molecule has 1 unspecified atom stereocenters. The average molecular weight is 624 g/mol. The van der Waals surface area contributed by atoms with E-state index in [9.17, 15) is 34.1 Å². The summed E-state index contributed by atoms with van der Waals surface area (Å²) in [6.45, 7) is 1.71. The Morgan fingerprint density at radius 2 is 1.81 bits per heavy atom. The van der Waals surface area contributed by atoms with Crippen LogP contribution in [0.25, 0.3) is 11.2 Å². The first-order valence-corrected chi connectivity index (χ1v) is 14.3. The van der Waals surface area contributed by atoms with Crippen LogP contribution in [0.4, 0.5) is 10.6 Å². The van der Waals surface area contributed by atoms with Crippen LogP contribution in [0.5, 0.6) is 0 Å². The normalized spacial score (nSPS) is 22.7. The first-order valence-electron chi connectivity index (χ1n) is 12.8. The number of nitrogens with one attached hydrogen (secondary N) is 2. The summed E-state index contributed by atoms with van der Waals surface area (Å²) in [7, 11) is -5.07. The molecule has 4 rings (SSSR count). The van der Waals surface area contributed by atoms with E-state index in [-0.39, 0.29) is 23.6 Å². The number of nitrogen functional groups attached to an aromatic ring is 1. The molecule has 43 heavy (non-hydrogen) atoms. The number of alkyl carbamates (subject to hydrolysis) is 1. The zero-order chi connectivity index (χ0) is 31.3. The van der Waals surface area contributed by atoms with Crippen LogP contribution < -0.4 is 16.4 Å². The Bertz CT molecular complexity index is 1510. The van der Waals surface area contributed by atoms with Crippen molar-refractivity contribution in [1.82, 2.24) is 30.2 Å². The lowest BCUT2D eigenvalue weighted by molar-refractivity contribution is -0.141. The highest BCUT2D eigenvalue weighted by Gasteiger charge is 2.46. The molecule has 1 aromatic carbocycles. The zero-order valence-electron chi connectivity index (χ0n) is 22.8. The fourth-order valence-corrected chi connectivity index (χ4v) is 4.72. The van der Waals surface area contributed by atoms with Crippen LogP contribution in [-0.2, 0) is 39.3 Å². The fraction of sp³-hybridized carbons (Fsp3) is 0.417. The molecular weight excluding hydrogens is 593 g/mol. The standard InChI is InChI=1S/C24H30N7O11P/c1-12(30-24(36)39-8-14-6-4-3-5-7-14)21(34)29-13(2)23(35)42-43(37,38)40-9-15-17(32)18(33)22(41-15)31-11-28-16-19(25)26-10-27-20(16)31/h3-7,10-13,15,17-18,22,32-33H,8-9H2,1-2H3,(H,29,34)(H,30,36)(H,37,38)(H2,25,26,27)/t12-,13-,15+,17+,18+,22+/m0/s1. The number of fused-ring (bicyclic) bond motifs is 1. The van der Waals surface area contributed by atoms with E-state index in [1.54, 1.807) is 30.3 Å². The lowest BCUT2D eigenvalue weighted by Crippen LogP contribution is -2.49. The summed E-state index contributed by atoms with van der Waals surface area (Å²) in [6, 6.07) is 6.28. The highest BCUT2D eigenvalue weighted by molar-refractivity contribution is 7.48. The highest BCUT2D eigenvalue weighted by atomic mass is 31.2. The van der Waals surface area contributed by atoms with Crippen molar-refractivity contribution < 1.29 is 52.6 Å². The molecule has 19 heteroatoms. The van der Waals surface area contributed by atoms with Crippen molar-refractivity contribution in [2.45, 2.75) is 57.1 Å². The number of amides is 2. The molecular formula is C24H30N7O11P. The summed E-state index contributed by atoms with van der Waals surface area (Å²) in [6.07, 6.45) is -4.10. The third-order valence-corrected chi connectivity index (χ3v) is 7.14. The van der Waals surface area contributed by atoms with Crippen LogP contribution in [-0.4, -0.2) is 89.6 Å². The molecule has 0 saturated carbocycles. The zero-order valence-corrected chi connectivity index (χ0v) is 23.7. The topological polar surface area (TPSA) is 260 Å². The van der Waals surface area contributed by atoms with E-state index in [1.807, 2.05) is 0 Å². The maximum Gasteiger partial charge on any atom is 0.529 e. The molecule has 0 bridgehead atoms. The molecule has 1 saturated heterocycles. The molecule has 2 amide bonds. The minimum absolute atomic E-state index is 0.0252. The van der Waals surface area contributed by atoms with Gasteiger partial charge in [-0.2, -0.15) is 0 Å². The van der Waals surface area contributed by atoms with Crippen LogP contribution in [0.15, 0.2) is 43.0 Å². The van der Waals surface area contributed by atoms with E-state index in [2.05, 4.69) is 30.1 Å². The van der Waals surface area contributed by atoms with Gasteiger partial charge in [0.2, 0.25) is 5.91 Å². The number of ether oxygens (including phenoxy) is 2. The number of carbonyl (C=O) groups excluding carboxylic acids is 3. The van der Waals surface area contributed by atoms with Crippen LogP contribution in [0.3, 0.4) is 0 Å². The summed E-state index contributed by atoms with van der Waals surface area (Å²) in [5.41, 5.74) is 6.93. The molecule has 7 N–H and O–H groups in total. The minimum Gasteiger partial charge on any atom is -0.445 e. The van der Waals surface area contributed by atoms with Gasteiger partial charge in [-0.25, -0.2) is 29.1 Å². The number of anilines is 1. The van der Waals surface area contributed by atoms with E-state index in [0.29, 0.717) is 0 Å². The van der Waals surface area contributed by atoms with Crippen molar-refractivity contribution in [2.75, 3.05) is 12.3 Å². The quantitative estimate of drug-likeness (QED) is 0.147. The number of aliphatic hydroxyl groups excluding tert-OH is 2. The average Bonchev–Trinajstić information content (AvgIpc) is 3.52. The van der Waals surface area contributed by atoms with Crippen molar-refractivity contribution in [1.29, 1.82) is 0 Å². The molecule has 1 aliphatic heterocycles. The Morgan fingerprint density at radius 3 is 2.53 bits per heavy atom. The third-order valence-electron chi connectivity index (χ3n) is 6.26. The predicted octanol–water partition coefficient (Wildman–Crippen LogP) is -0.492. The number of nitrogens with two attached hydrogens (primary N) is 1. The number of imidazole rings is 1. The Hall–Kier alpha value is -4.19. The number of nitrogens with zero attached hydrogens (tertiary/aromatic N) is 4. The maximum absolute atomic E-state index is 12.4. The van der Waals surface area contributed by atoms with E-state index in [1.165, 1.54) is 31.1 Å². The molecule has 3 aromatic rings. The van der Waals surface area contributed by atoms with E-state index >= 15 is 0 Å². The second kappa shape index (κ2) is 13.4. The van der Waals surface area contributed by atoms with Crippen molar-refractivity contribution in [3.05, 3.63) is 48.5 Å². The summed E-state index contributed by atoms with van der Waals surface area (Å²) in [5, 5.41) is 25.4. The van der Waals surface area contributed by atoms with E-state index in [0.717, 1.165) is 5.56 Å². The number of rotatable bonds is 11. The van der Waals surface area contributed by atoms with Gasteiger partial charge in [0.15, 0.2) is 17.7 Å². The number of carbonyl (C=O) groups is 3. The van der Waals surface area contributed by atoms with Gasteiger partial charge in [0.25, 0.3) is 0 Å². The van der Waals surface area contributed by atoms with Gasteiger partial charge in [0, 0.05) is 0 Å². The lowest BCUT2D eigenvalue weighted by Gasteiger charge is -2.20. The summed E-state index contributed by atoms with van der Waals surface area (Å²) < 4.78 is 33.7. The Balaban J connectivity index is 1.24. The van der Waals surface area contributed by atoms with Crippen molar-refractivity contribution in [3.8, 4) is 0 Å². The second-order valence-corrected chi connectivity index (χ2v) is 10.8. The van der Waals surface area contributed by atoms with Crippen LogP contribution in [0, 0.1) is 0 Å². The van der Waals surface area contributed by atoms with Gasteiger partial charge in [-0.05, 0) is 19.4 Å². The van der Waals surface area contributed by atoms with Gasteiger partial charge in [-0.1, -0.05) is 30.3 Å². The largest absolute Gasteiger partial charge is 0.529 e. The number of aromatic nitrogens is 4. The number of phosphoric acid groups is 1. The highest BCUT2D eigenvalue weighted by Crippen LogP contribution is 2.45. The van der Waals surface area contributed by atoms with Gasteiger partial charge in [0.05, 0.1) is 12.9 Å². The SMILES string of the molecule is C[C@H](NC(=O)OCc1ccccc1)C(=O)N[C@@H](C)C(=O)OP(=O)(O)OC[C@H]1O[C@@H](n2cnc3c(N)ncnc32)[C@H](O)[C@@H]1O. The van der Waals surface area contributed by atoms with Gasteiger partial charge < -0.3 is 40.6 Å². The van der Waals surface area contributed by atoms with Crippen molar-refractivity contribution >= 4 is 42.8 Å². The number of hydrogen-bond donors (Lipinski definition) is 6. The lowest BCUT2D eigenvalue weighted by atomic mass is 10.1. The van der Waals surface area contributed by atoms with Gasteiger partial charge in [-0.15, -0.1) is 0 Å². The van der Waals surface area contributed by atoms with Crippen molar-refractivity contribution in [2.24, 2.45) is 0 Å².